The fraction of sp³-hybridized carbons (Fsp3) is 0.545. The summed E-state index contributed by atoms with van der Waals surface area (Å²) in [5.41, 5.74) is 6.66. The monoisotopic (exact) mass is 224 g/mol. The van der Waals surface area contributed by atoms with Gasteiger partial charge in [-0.2, -0.15) is 0 Å². The minimum atomic E-state index is 0.520. The lowest BCUT2D eigenvalue weighted by atomic mass is 10.2. The molecule has 2 rings (SSSR count). The summed E-state index contributed by atoms with van der Waals surface area (Å²) in [5, 5.41) is 0.660. The van der Waals surface area contributed by atoms with Crippen molar-refractivity contribution >= 4 is 11.8 Å². The van der Waals surface area contributed by atoms with Crippen molar-refractivity contribution in [3.05, 3.63) is 24.0 Å². The van der Waals surface area contributed by atoms with Gasteiger partial charge in [-0.3, -0.25) is 4.98 Å². The molecule has 1 saturated heterocycles. The fourth-order valence-corrected chi connectivity index (χ4v) is 2.87. The van der Waals surface area contributed by atoms with Gasteiger partial charge in [0.05, 0.1) is 5.69 Å². The lowest BCUT2D eigenvalue weighted by molar-refractivity contribution is 0.1000. The van der Waals surface area contributed by atoms with Gasteiger partial charge >= 0.3 is 0 Å². The lowest BCUT2D eigenvalue weighted by Crippen LogP contribution is -2.17. The van der Waals surface area contributed by atoms with Gasteiger partial charge in [0.15, 0.2) is 0 Å². The second kappa shape index (κ2) is 5.49. The van der Waals surface area contributed by atoms with Crippen LogP contribution in [0.2, 0.25) is 0 Å². The van der Waals surface area contributed by atoms with Crippen LogP contribution in [0.1, 0.15) is 18.5 Å². The summed E-state index contributed by atoms with van der Waals surface area (Å²) < 4.78 is 5.34. The third-order valence-corrected chi connectivity index (χ3v) is 3.93. The Morgan fingerprint density at radius 3 is 3.00 bits per heavy atom. The van der Waals surface area contributed by atoms with Crippen LogP contribution in [-0.2, 0) is 11.3 Å². The van der Waals surface area contributed by atoms with Crippen molar-refractivity contribution in [2.24, 2.45) is 5.73 Å². The van der Waals surface area contributed by atoms with Crippen molar-refractivity contribution in [2.45, 2.75) is 29.5 Å². The Kier molecular flexibility index (Phi) is 4.00. The molecule has 15 heavy (non-hydrogen) atoms. The predicted molar refractivity (Wildman–Crippen MR) is 61.8 cm³/mol. The molecule has 0 amide bonds. The molecule has 1 aromatic heterocycles. The van der Waals surface area contributed by atoms with Gasteiger partial charge in [0.2, 0.25) is 0 Å². The van der Waals surface area contributed by atoms with E-state index in [9.17, 15) is 0 Å². The van der Waals surface area contributed by atoms with E-state index in [2.05, 4.69) is 11.1 Å². The summed E-state index contributed by atoms with van der Waals surface area (Å²) >= 11 is 1.89. The molecule has 2 heterocycles. The van der Waals surface area contributed by atoms with Crippen molar-refractivity contribution in [2.75, 3.05) is 13.2 Å². The van der Waals surface area contributed by atoms with E-state index in [0.29, 0.717) is 11.8 Å². The fourth-order valence-electron chi connectivity index (χ4n) is 1.66. The van der Waals surface area contributed by atoms with Gasteiger partial charge < -0.3 is 10.5 Å². The molecule has 82 valence electrons. The standard InChI is InChI=1S/C11H16N2OS/c12-8-10-11(2-1-5-13-10)15-9-3-6-14-7-4-9/h1-2,5,9H,3-4,6-8,12H2. The summed E-state index contributed by atoms with van der Waals surface area (Å²) in [5.74, 6) is 0. The van der Waals surface area contributed by atoms with E-state index in [1.807, 2.05) is 17.8 Å². The van der Waals surface area contributed by atoms with Crippen molar-refractivity contribution in [3.8, 4) is 0 Å². The first kappa shape index (κ1) is 10.9. The molecule has 1 aromatic rings. The van der Waals surface area contributed by atoms with Gasteiger partial charge in [-0.1, -0.05) is 0 Å². The number of pyridine rings is 1. The maximum absolute atomic E-state index is 5.66. The minimum absolute atomic E-state index is 0.520. The van der Waals surface area contributed by atoms with E-state index < -0.39 is 0 Å². The third-order valence-electron chi connectivity index (χ3n) is 2.50. The zero-order chi connectivity index (χ0) is 10.5. The molecule has 1 fully saturated rings. The van der Waals surface area contributed by atoms with E-state index in [-0.39, 0.29) is 0 Å². The smallest absolute Gasteiger partial charge is 0.0675 e. The third kappa shape index (κ3) is 2.93. The first-order valence-corrected chi connectivity index (χ1v) is 6.16. The molecule has 0 atom stereocenters. The Morgan fingerprint density at radius 2 is 2.27 bits per heavy atom. The number of hydrogen-bond acceptors (Lipinski definition) is 4. The van der Waals surface area contributed by atoms with Gasteiger partial charge in [0.1, 0.15) is 0 Å². The normalized spacial score (nSPS) is 17.9. The quantitative estimate of drug-likeness (QED) is 0.850. The van der Waals surface area contributed by atoms with Crippen LogP contribution < -0.4 is 5.73 Å². The van der Waals surface area contributed by atoms with E-state index in [0.717, 1.165) is 31.7 Å². The molecule has 0 saturated carbocycles. The minimum Gasteiger partial charge on any atom is -0.381 e. The number of hydrogen-bond donors (Lipinski definition) is 1. The number of nitrogens with two attached hydrogens (primary N) is 1. The molecule has 2 N–H and O–H groups in total. The molecule has 1 aliphatic heterocycles. The maximum Gasteiger partial charge on any atom is 0.0675 e. The predicted octanol–water partition coefficient (Wildman–Crippen LogP) is 1.81. The number of ether oxygens (including phenoxy) is 1. The van der Waals surface area contributed by atoms with Crippen molar-refractivity contribution in [3.63, 3.8) is 0 Å². The van der Waals surface area contributed by atoms with Crippen molar-refractivity contribution in [1.29, 1.82) is 0 Å². The van der Waals surface area contributed by atoms with Crippen LogP contribution in [0.5, 0.6) is 0 Å². The summed E-state index contributed by atoms with van der Waals surface area (Å²) in [6.45, 7) is 2.29. The van der Waals surface area contributed by atoms with Gasteiger partial charge in [0, 0.05) is 36.1 Å². The second-order valence-electron chi connectivity index (χ2n) is 3.58. The first-order valence-electron chi connectivity index (χ1n) is 5.28. The Bertz CT molecular complexity index is 313. The zero-order valence-electron chi connectivity index (χ0n) is 8.69. The van der Waals surface area contributed by atoms with E-state index in [1.165, 1.54) is 4.90 Å². The SMILES string of the molecule is NCc1ncccc1SC1CCOCC1. The molecule has 0 bridgehead atoms. The highest BCUT2D eigenvalue weighted by Crippen LogP contribution is 2.30. The maximum atomic E-state index is 5.66. The summed E-state index contributed by atoms with van der Waals surface area (Å²) in [7, 11) is 0. The molecular weight excluding hydrogens is 208 g/mol. The molecule has 0 unspecified atom stereocenters. The average Bonchev–Trinajstić information content (AvgIpc) is 2.31. The number of thioether (sulfide) groups is 1. The van der Waals surface area contributed by atoms with Gasteiger partial charge in [-0.05, 0) is 25.0 Å². The highest BCUT2D eigenvalue weighted by Gasteiger charge is 2.16. The van der Waals surface area contributed by atoms with Crippen LogP contribution in [-0.4, -0.2) is 23.4 Å². The zero-order valence-corrected chi connectivity index (χ0v) is 9.50. The molecule has 0 aromatic carbocycles. The Balaban J connectivity index is 2.02. The van der Waals surface area contributed by atoms with Crippen LogP contribution in [0.4, 0.5) is 0 Å². The van der Waals surface area contributed by atoms with Gasteiger partial charge in [0.25, 0.3) is 0 Å². The summed E-state index contributed by atoms with van der Waals surface area (Å²) in [6, 6.07) is 4.08. The molecule has 3 nitrogen and oxygen atoms in total. The molecule has 0 radical (unpaired) electrons. The average molecular weight is 224 g/mol. The second-order valence-corrected chi connectivity index (χ2v) is 4.92. The molecule has 0 spiro atoms. The van der Waals surface area contributed by atoms with Crippen LogP contribution in [0, 0.1) is 0 Å². The Morgan fingerprint density at radius 1 is 1.47 bits per heavy atom. The lowest BCUT2D eigenvalue weighted by Gasteiger charge is -2.22. The van der Waals surface area contributed by atoms with Crippen LogP contribution >= 0.6 is 11.8 Å². The van der Waals surface area contributed by atoms with Crippen LogP contribution in [0.3, 0.4) is 0 Å². The topological polar surface area (TPSA) is 48.1 Å². The highest BCUT2D eigenvalue weighted by atomic mass is 32.2. The Hall–Kier alpha value is -0.580. The summed E-state index contributed by atoms with van der Waals surface area (Å²) in [6.07, 6.45) is 4.06. The number of rotatable bonds is 3. The Labute approximate surface area is 94.4 Å². The van der Waals surface area contributed by atoms with E-state index in [4.69, 9.17) is 10.5 Å². The van der Waals surface area contributed by atoms with Crippen molar-refractivity contribution in [1.82, 2.24) is 4.98 Å². The van der Waals surface area contributed by atoms with Crippen LogP contribution in [0.25, 0.3) is 0 Å². The van der Waals surface area contributed by atoms with E-state index in [1.54, 1.807) is 6.20 Å². The van der Waals surface area contributed by atoms with Crippen molar-refractivity contribution < 1.29 is 4.74 Å². The molecule has 0 aliphatic carbocycles. The van der Waals surface area contributed by atoms with Gasteiger partial charge in [-0.25, -0.2) is 0 Å². The molecule has 1 aliphatic rings. The van der Waals surface area contributed by atoms with Gasteiger partial charge in [-0.15, -0.1) is 11.8 Å². The number of nitrogens with zero attached hydrogens (tertiary/aromatic N) is 1. The largest absolute Gasteiger partial charge is 0.381 e. The van der Waals surface area contributed by atoms with E-state index >= 15 is 0 Å². The molecular formula is C11H16N2OS. The summed E-state index contributed by atoms with van der Waals surface area (Å²) in [4.78, 5) is 5.51. The molecule has 4 heteroatoms. The highest BCUT2D eigenvalue weighted by molar-refractivity contribution is 8.00. The van der Waals surface area contributed by atoms with Crippen LogP contribution in [0.15, 0.2) is 23.2 Å². The first-order chi connectivity index (χ1) is 7.40. The number of aromatic nitrogens is 1.